The van der Waals surface area contributed by atoms with Gasteiger partial charge >= 0.3 is 0 Å². The molecule has 1 aromatic rings. The van der Waals surface area contributed by atoms with Crippen LogP contribution in [0, 0.1) is 5.95 Å². The molecular weight excluding hydrogens is 227 g/mol. The lowest BCUT2D eigenvalue weighted by Crippen LogP contribution is -2.36. The van der Waals surface area contributed by atoms with Crippen LogP contribution in [0.1, 0.15) is 10.4 Å². The number of hydrogen-bond acceptors (Lipinski definition) is 4. The van der Waals surface area contributed by atoms with Crippen LogP contribution in [0.5, 0.6) is 0 Å². The second-order valence-corrected chi connectivity index (χ2v) is 3.66. The number of nitrogens with zero attached hydrogens (tertiary/aromatic N) is 2. The van der Waals surface area contributed by atoms with E-state index >= 15 is 0 Å². The predicted octanol–water partition coefficient (Wildman–Crippen LogP) is 0.300. The number of ether oxygens (including phenoxy) is 1. The van der Waals surface area contributed by atoms with E-state index in [4.69, 9.17) is 4.74 Å². The van der Waals surface area contributed by atoms with E-state index in [0.29, 0.717) is 0 Å². The van der Waals surface area contributed by atoms with Gasteiger partial charge in [-0.1, -0.05) is 0 Å². The standard InChI is InChI=1S/C11H15FN2O3/c1-14(6-9(15)7-17-2)11(16)8-3-4-10(12)13-5-8/h3-5,9,15H,6-7H2,1-2H3. The number of aliphatic hydroxyl groups excluding tert-OH is 1. The summed E-state index contributed by atoms with van der Waals surface area (Å²) in [5.41, 5.74) is 0.276. The quantitative estimate of drug-likeness (QED) is 0.754. The Balaban J connectivity index is 2.60. The predicted molar refractivity (Wildman–Crippen MR) is 59.0 cm³/mol. The molecule has 1 N–H and O–H groups in total. The fourth-order valence-corrected chi connectivity index (χ4v) is 1.37. The van der Waals surface area contributed by atoms with Crippen LogP contribution in [0.25, 0.3) is 0 Å². The summed E-state index contributed by atoms with van der Waals surface area (Å²) in [6.45, 7) is 0.295. The van der Waals surface area contributed by atoms with Crippen molar-refractivity contribution in [3.63, 3.8) is 0 Å². The van der Waals surface area contributed by atoms with Crippen molar-refractivity contribution < 1.29 is 19.0 Å². The maximum absolute atomic E-state index is 12.6. The molecule has 0 saturated heterocycles. The summed E-state index contributed by atoms with van der Waals surface area (Å²) in [6, 6.07) is 2.47. The first-order valence-electron chi connectivity index (χ1n) is 5.08. The first kappa shape index (κ1) is 13.5. The van der Waals surface area contributed by atoms with Gasteiger partial charge in [0.2, 0.25) is 5.95 Å². The van der Waals surface area contributed by atoms with E-state index in [0.717, 1.165) is 12.3 Å². The second kappa shape index (κ2) is 6.27. The Morgan fingerprint density at radius 3 is 2.88 bits per heavy atom. The summed E-state index contributed by atoms with van der Waals surface area (Å²) in [7, 11) is 3.01. The lowest BCUT2D eigenvalue weighted by Gasteiger charge is -2.20. The number of aliphatic hydroxyl groups is 1. The number of methoxy groups -OCH3 is 1. The Kier molecular flexibility index (Phi) is 4.99. The zero-order valence-corrected chi connectivity index (χ0v) is 9.76. The van der Waals surface area contributed by atoms with Crippen molar-refractivity contribution in [3.05, 3.63) is 29.8 Å². The Morgan fingerprint density at radius 1 is 1.65 bits per heavy atom. The van der Waals surface area contributed by atoms with Crippen molar-refractivity contribution in [1.82, 2.24) is 9.88 Å². The molecule has 0 spiro atoms. The SMILES string of the molecule is COCC(O)CN(C)C(=O)c1ccc(F)nc1. The largest absolute Gasteiger partial charge is 0.389 e. The molecule has 6 heteroatoms. The highest BCUT2D eigenvalue weighted by Crippen LogP contribution is 2.04. The van der Waals surface area contributed by atoms with Crippen molar-refractivity contribution in [2.75, 3.05) is 27.3 Å². The molecule has 1 rings (SSSR count). The van der Waals surface area contributed by atoms with Crippen LogP contribution in [-0.4, -0.2) is 54.3 Å². The number of rotatable bonds is 5. The first-order valence-corrected chi connectivity index (χ1v) is 5.08. The molecule has 0 aliphatic rings. The lowest BCUT2D eigenvalue weighted by molar-refractivity contribution is 0.0380. The van der Waals surface area contributed by atoms with Gasteiger partial charge in [-0.3, -0.25) is 4.79 Å². The van der Waals surface area contributed by atoms with Crippen LogP contribution < -0.4 is 0 Å². The van der Waals surface area contributed by atoms with Crippen LogP contribution in [0.15, 0.2) is 18.3 Å². The molecule has 0 aliphatic carbocycles. The number of likely N-dealkylation sites (N-methyl/N-ethyl adjacent to an activating group) is 1. The third kappa shape index (κ3) is 4.08. The molecular formula is C11H15FN2O3. The number of aromatic nitrogens is 1. The van der Waals surface area contributed by atoms with Crippen LogP contribution >= 0.6 is 0 Å². The van der Waals surface area contributed by atoms with Crippen LogP contribution in [-0.2, 0) is 4.74 Å². The van der Waals surface area contributed by atoms with Gasteiger partial charge in [0.05, 0.1) is 18.3 Å². The highest BCUT2D eigenvalue weighted by Gasteiger charge is 2.15. The number of carbonyl (C=O) groups is 1. The van der Waals surface area contributed by atoms with Gasteiger partial charge in [-0.25, -0.2) is 4.98 Å². The van der Waals surface area contributed by atoms with Crippen LogP contribution in [0.2, 0.25) is 0 Å². The van der Waals surface area contributed by atoms with Gasteiger partial charge in [0.1, 0.15) is 0 Å². The molecule has 5 nitrogen and oxygen atoms in total. The van der Waals surface area contributed by atoms with E-state index in [9.17, 15) is 14.3 Å². The topological polar surface area (TPSA) is 62.7 Å². The number of halogens is 1. The molecule has 1 heterocycles. The highest BCUT2D eigenvalue weighted by molar-refractivity contribution is 5.93. The van der Waals surface area contributed by atoms with Crippen molar-refractivity contribution in [2.45, 2.75) is 6.10 Å². The smallest absolute Gasteiger partial charge is 0.255 e. The van der Waals surface area contributed by atoms with Crippen LogP contribution in [0.3, 0.4) is 0 Å². The molecule has 0 radical (unpaired) electrons. The van der Waals surface area contributed by atoms with E-state index in [-0.39, 0.29) is 24.6 Å². The minimum atomic E-state index is -0.748. The highest BCUT2D eigenvalue weighted by atomic mass is 19.1. The Bertz CT molecular complexity index is 369. The fourth-order valence-electron chi connectivity index (χ4n) is 1.37. The zero-order valence-electron chi connectivity index (χ0n) is 9.76. The van der Waals surface area contributed by atoms with Crippen molar-refractivity contribution in [2.24, 2.45) is 0 Å². The molecule has 0 fully saturated rings. The maximum atomic E-state index is 12.6. The number of hydrogen-bond donors (Lipinski definition) is 1. The lowest BCUT2D eigenvalue weighted by atomic mass is 10.2. The first-order chi connectivity index (χ1) is 8.04. The van der Waals surface area contributed by atoms with Gasteiger partial charge in [-0.05, 0) is 12.1 Å². The summed E-state index contributed by atoms with van der Waals surface area (Å²) in [6.07, 6.45) is 0.416. The Hall–Kier alpha value is -1.53. The molecule has 1 amide bonds. The number of carbonyl (C=O) groups excluding carboxylic acids is 1. The molecule has 1 unspecified atom stereocenters. The van der Waals surface area contributed by atoms with Crippen molar-refractivity contribution in [1.29, 1.82) is 0 Å². The number of amides is 1. The van der Waals surface area contributed by atoms with Gasteiger partial charge in [-0.15, -0.1) is 0 Å². The average molecular weight is 242 g/mol. The average Bonchev–Trinajstić information content (AvgIpc) is 2.29. The Morgan fingerprint density at radius 2 is 2.35 bits per heavy atom. The number of pyridine rings is 1. The van der Waals surface area contributed by atoms with Crippen molar-refractivity contribution in [3.8, 4) is 0 Å². The molecule has 0 aromatic carbocycles. The summed E-state index contributed by atoms with van der Waals surface area (Å²) in [5.74, 6) is -0.962. The van der Waals surface area contributed by atoms with Gasteiger partial charge in [-0.2, -0.15) is 4.39 Å². The summed E-state index contributed by atoms with van der Waals surface area (Å²) >= 11 is 0. The molecule has 1 aromatic heterocycles. The minimum Gasteiger partial charge on any atom is -0.389 e. The van der Waals surface area contributed by atoms with Crippen LogP contribution in [0.4, 0.5) is 4.39 Å². The van der Waals surface area contributed by atoms with E-state index in [1.165, 1.54) is 18.1 Å². The zero-order chi connectivity index (χ0) is 12.8. The maximum Gasteiger partial charge on any atom is 0.255 e. The molecule has 1 atom stereocenters. The van der Waals surface area contributed by atoms with E-state index < -0.39 is 12.1 Å². The summed E-state index contributed by atoms with van der Waals surface area (Å²) < 4.78 is 17.3. The van der Waals surface area contributed by atoms with E-state index in [1.54, 1.807) is 7.05 Å². The summed E-state index contributed by atoms with van der Waals surface area (Å²) in [5, 5.41) is 9.46. The third-order valence-corrected chi connectivity index (χ3v) is 2.16. The molecule has 0 bridgehead atoms. The molecule has 0 saturated carbocycles. The van der Waals surface area contributed by atoms with Gasteiger partial charge in [0, 0.05) is 26.9 Å². The monoisotopic (exact) mass is 242 g/mol. The minimum absolute atomic E-state index is 0.143. The summed E-state index contributed by atoms with van der Waals surface area (Å²) in [4.78, 5) is 16.5. The molecule has 0 aliphatic heterocycles. The Labute approximate surface area is 98.8 Å². The van der Waals surface area contributed by atoms with E-state index in [2.05, 4.69) is 4.98 Å². The fraction of sp³-hybridized carbons (Fsp3) is 0.455. The van der Waals surface area contributed by atoms with Crippen molar-refractivity contribution >= 4 is 5.91 Å². The van der Waals surface area contributed by atoms with E-state index in [1.807, 2.05) is 0 Å². The third-order valence-electron chi connectivity index (χ3n) is 2.16. The van der Waals surface area contributed by atoms with Gasteiger partial charge in [0.15, 0.2) is 0 Å². The van der Waals surface area contributed by atoms with Gasteiger partial charge in [0.25, 0.3) is 5.91 Å². The second-order valence-electron chi connectivity index (χ2n) is 3.66. The van der Waals surface area contributed by atoms with Gasteiger partial charge < -0.3 is 14.7 Å². The molecule has 17 heavy (non-hydrogen) atoms. The normalized spacial score (nSPS) is 12.2. The molecule has 94 valence electrons.